The fraction of sp³-hybridized carbons (Fsp3) is 0.533. The fourth-order valence-electron chi connectivity index (χ4n) is 6.06. The zero-order chi connectivity index (χ0) is 30.0. The summed E-state index contributed by atoms with van der Waals surface area (Å²) in [6.45, 7) is 5.80. The number of rotatable bonds is 9. The van der Waals surface area contributed by atoms with Crippen LogP contribution in [0.2, 0.25) is 0 Å². The van der Waals surface area contributed by atoms with Crippen LogP contribution in [0.15, 0.2) is 30.6 Å². The average Bonchev–Trinajstić information content (AvgIpc) is 3.73. The van der Waals surface area contributed by atoms with Crippen LogP contribution in [0, 0.1) is 28.4 Å². The van der Waals surface area contributed by atoms with Crippen molar-refractivity contribution in [2.24, 2.45) is 5.41 Å². The quantitative estimate of drug-likeness (QED) is 0.412. The zero-order valence-corrected chi connectivity index (χ0v) is 24.1. The summed E-state index contributed by atoms with van der Waals surface area (Å²) in [6, 6.07) is 5.54. The summed E-state index contributed by atoms with van der Waals surface area (Å²) in [7, 11) is 4.04. The molecule has 1 aromatic heterocycles. The van der Waals surface area contributed by atoms with E-state index in [-0.39, 0.29) is 43.2 Å². The second-order valence-corrected chi connectivity index (χ2v) is 11.7. The Morgan fingerprint density at radius 3 is 2.57 bits per heavy atom. The number of anilines is 2. The van der Waals surface area contributed by atoms with Crippen LogP contribution in [0.25, 0.3) is 0 Å². The molecule has 12 heteroatoms. The molecule has 1 atom stereocenters. The molecule has 0 N–H and O–H groups in total. The Kier molecular flexibility index (Phi) is 8.59. The van der Waals surface area contributed by atoms with Crippen molar-refractivity contribution >= 4 is 17.4 Å². The van der Waals surface area contributed by atoms with Crippen LogP contribution in [0.5, 0.6) is 6.01 Å². The molecular weight excluding hydrogens is 547 g/mol. The number of nitrogens with zero attached hydrogens (tertiary/aromatic N) is 7. The second kappa shape index (κ2) is 12.2. The molecule has 2 aromatic rings. The zero-order valence-electron chi connectivity index (χ0n) is 24.1. The number of fused-ring (bicyclic) bond motifs is 1. The summed E-state index contributed by atoms with van der Waals surface area (Å²) in [6.07, 6.45) is 3.25. The number of amides is 1. The van der Waals surface area contributed by atoms with E-state index in [1.54, 1.807) is 4.90 Å². The third kappa shape index (κ3) is 6.31. The average molecular weight is 584 g/mol. The van der Waals surface area contributed by atoms with E-state index in [0.29, 0.717) is 44.0 Å². The first-order chi connectivity index (χ1) is 20.1. The molecule has 3 heterocycles. The largest absolute Gasteiger partial charge is 0.463 e. The van der Waals surface area contributed by atoms with E-state index in [0.717, 1.165) is 24.9 Å². The van der Waals surface area contributed by atoms with E-state index in [1.807, 2.05) is 19.0 Å². The monoisotopic (exact) mass is 583 g/mol. The lowest BCUT2D eigenvalue weighted by molar-refractivity contribution is -0.131. The van der Waals surface area contributed by atoms with Crippen molar-refractivity contribution in [1.29, 1.82) is 5.26 Å². The number of aromatic nitrogens is 2. The van der Waals surface area contributed by atoms with Crippen molar-refractivity contribution in [3.63, 3.8) is 0 Å². The van der Waals surface area contributed by atoms with Gasteiger partial charge in [0.05, 0.1) is 37.4 Å². The maximum atomic E-state index is 14.8. The van der Waals surface area contributed by atoms with Crippen molar-refractivity contribution < 1.29 is 22.7 Å². The molecule has 3 aliphatic rings. The van der Waals surface area contributed by atoms with Gasteiger partial charge in [0, 0.05) is 43.7 Å². The van der Waals surface area contributed by atoms with Gasteiger partial charge in [-0.05, 0) is 51.9 Å². The van der Waals surface area contributed by atoms with Gasteiger partial charge in [-0.2, -0.15) is 15.2 Å². The molecule has 0 bridgehead atoms. The van der Waals surface area contributed by atoms with Crippen LogP contribution in [0.4, 0.5) is 24.7 Å². The van der Waals surface area contributed by atoms with Crippen LogP contribution in [0.1, 0.15) is 36.9 Å². The molecule has 224 valence electrons. The highest BCUT2D eigenvalue weighted by Gasteiger charge is 2.44. The predicted molar refractivity (Wildman–Crippen MR) is 152 cm³/mol. The van der Waals surface area contributed by atoms with E-state index in [4.69, 9.17) is 14.7 Å². The Labute approximate surface area is 244 Å². The third-order valence-corrected chi connectivity index (χ3v) is 8.22. The standard InChI is InChI=1S/C30H36F3N7O2/c1-20(31)28(41)40-15-14-39(16-21(40)9-12-34)27-22-6-5-13-38(26-23(32)7-4-8-24(26)33)17-25(22)35-29(36-27)42-19-30(10-11-30)18-37(2)3/h4,7-8,21H,1,5-6,9-11,13-19H2,2-3H3/t21-/m0/s1. The van der Waals surface area contributed by atoms with Gasteiger partial charge in [0.25, 0.3) is 5.91 Å². The molecular formula is C30H36F3N7O2. The van der Waals surface area contributed by atoms with Crippen molar-refractivity contribution in [2.75, 3.05) is 63.2 Å². The lowest BCUT2D eigenvalue weighted by Crippen LogP contribution is -2.55. The van der Waals surface area contributed by atoms with Gasteiger partial charge >= 0.3 is 6.01 Å². The van der Waals surface area contributed by atoms with Gasteiger partial charge in [-0.15, -0.1) is 0 Å². The highest BCUT2D eigenvalue weighted by Crippen LogP contribution is 2.46. The van der Waals surface area contributed by atoms with Crippen LogP contribution in [0.3, 0.4) is 0 Å². The lowest BCUT2D eigenvalue weighted by Gasteiger charge is -2.41. The Hall–Kier alpha value is -3.85. The molecule has 1 saturated carbocycles. The number of hydrogen-bond acceptors (Lipinski definition) is 8. The first-order valence-electron chi connectivity index (χ1n) is 14.2. The maximum absolute atomic E-state index is 14.8. The number of benzene rings is 1. The Balaban J connectivity index is 1.49. The molecule has 1 amide bonds. The Morgan fingerprint density at radius 1 is 1.19 bits per heavy atom. The van der Waals surface area contributed by atoms with Crippen molar-refractivity contribution in [3.05, 3.63) is 53.5 Å². The number of carbonyl (C=O) groups excluding carboxylic acids is 1. The molecule has 1 saturated heterocycles. The van der Waals surface area contributed by atoms with Crippen LogP contribution >= 0.6 is 0 Å². The number of halogens is 3. The molecule has 0 unspecified atom stereocenters. The highest BCUT2D eigenvalue weighted by molar-refractivity contribution is 5.91. The van der Waals surface area contributed by atoms with E-state index in [1.165, 1.54) is 23.1 Å². The number of carbonyl (C=O) groups is 1. The van der Waals surface area contributed by atoms with Gasteiger partial charge < -0.3 is 24.3 Å². The summed E-state index contributed by atoms with van der Waals surface area (Å²) in [5.74, 6) is -2.56. The van der Waals surface area contributed by atoms with Gasteiger partial charge in [-0.1, -0.05) is 12.6 Å². The molecule has 42 heavy (non-hydrogen) atoms. The second-order valence-electron chi connectivity index (χ2n) is 11.7. The number of para-hydroxylation sites is 1. The van der Waals surface area contributed by atoms with Crippen LogP contribution < -0.4 is 14.5 Å². The maximum Gasteiger partial charge on any atom is 0.318 e. The molecule has 9 nitrogen and oxygen atoms in total. The van der Waals surface area contributed by atoms with Crippen molar-refractivity contribution in [2.45, 2.75) is 44.7 Å². The van der Waals surface area contributed by atoms with Gasteiger partial charge in [0.15, 0.2) is 5.83 Å². The van der Waals surface area contributed by atoms with Crippen molar-refractivity contribution in [3.8, 4) is 12.1 Å². The normalized spacial score (nSPS) is 19.6. The van der Waals surface area contributed by atoms with E-state index in [2.05, 4.69) is 17.5 Å². The molecule has 5 rings (SSSR count). The molecule has 0 radical (unpaired) electrons. The van der Waals surface area contributed by atoms with E-state index >= 15 is 0 Å². The van der Waals surface area contributed by atoms with Gasteiger partial charge in [-0.25, -0.2) is 13.2 Å². The predicted octanol–water partition coefficient (Wildman–Crippen LogP) is 3.84. The van der Waals surface area contributed by atoms with Crippen LogP contribution in [-0.2, 0) is 17.8 Å². The van der Waals surface area contributed by atoms with Gasteiger partial charge in [0.1, 0.15) is 23.1 Å². The van der Waals surface area contributed by atoms with E-state index < -0.39 is 29.4 Å². The number of nitriles is 1. The van der Waals surface area contributed by atoms with Crippen molar-refractivity contribution in [1.82, 2.24) is 19.8 Å². The molecule has 2 aliphatic heterocycles. The smallest absolute Gasteiger partial charge is 0.318 e. The minimum Gasteiger partial charge on any atom is -0.463 e. The summed E-state index contributed by atoms with van der Waals surface area (Å²) in [5, 5.41) is 9.45. The highest BCUT2D eigenvalue weighted by atomic mass is 19.1. The first-order valence-corrected chi connectivity index (χ1v) is 14.2. The summed E-state index contributed by atoms with van der Waals surface area (Å²) >= 11 is 0. The topological polar surface area (TPSA) is 88.8 Å². The van der Waals surface area contributed by atoms with Gasteiger partial charge in [0.2, 0.25) is 0 Å². The fourth-order valence-corrected chi connectivity index (χ4v) is 6.06. The Bertz CT molecular complexity index is 1370. The molecule has 0 spiro atoms. The minimum atomic E-state index is -1.06. The number of piperazine rings is 1. The lowest BCUT2D eigenvalue weighted by atomic mass is 10.1. The Morgan fingerprint density at radius 2 is 1.93 bits per heavy atom. The van der Waals surface area contributed by atoms with Gasteiger partial charge in [-0.3, -0.25) is 4.79 Å². The summed E-state index contributed by atoms with van der Waals surface area (Å²) in [5.41, 5.74) is 1.38. The number of hydrogen-bond donors (Lipinski definition) is 0. The SMILES string of the molecule is C=C(F)C(=O)N1CCN(c2nc(OCC3(CN(C)C)CC3)nc3c2CCCN(c2c(F)cccc2F)C3)C[C@@H]1CC#N. The summed E-state index contributed by atoms with van der Waals surface area (Å²) in [4.78, 5) is 29.2. The molecule has 2 fully saturated rings. The van der Waals surface area contributed by atoms with E-state index in [9.17, 15) is 23.2 Å². The third-order valence-electron chi connectivity index (χ3n) is 8.22. The first kappa shape index (κ1) is 29.6. The molecule has 1 aliphatic carbocycles. The van der Waals surface area contributed by atoms with Crippen LogP contribution in [-0.4, -0.2) is 85.1 Å². The summed E-state index contributed by atoms with van der Waals surface area (Å²) < 4.78 is 49.5. The minimum absolute atomic E-state index is 0.0134. The molecule has 1 aromatic carbocycles. The number of ether oxygens (including phenoxy) is 1.